The van der Waals surface area contributed by atoms with E-state index in [0.717, 1.165) is 56.8 Å². The van der Waals surface area contributed by atoms with Crippen LogP contribution in [0.5, 0.6) is 11.5 Å². The van der Waals surface area contributed by atoms with Crippen molar-refractivity contribution in [3.63, 3.8) is 0 Å². The molecule has 5 rings (SSSR count). The Kier molecular flexibility index (Phi) is 8.05. The Morgan fingerprint density at radius 1 is 0.927 bits per heavy atom. The first kappa shape index (κ1) is 27.9. The van der Waals surface area contributed by atoms with Crippen molar-refractivity contribution in [2.75, 3.05) is 13.7 Å². The molecule has 0 saturated carbocycles. The summed E-state index contributed by atoms with van der Waals surface area (Å²) in [6.07, 6.45) is 2.51. The van der Waals surface area contributed by atoms with Gasteiger partial charge in [0.05, 0.1) is 25.8 Å². The first-order chi connectivity index (χ1) is 19.8. The van der Waals surface area contributed by atoms with Gasteiger partial charge in [0.15, 0.2) is 0 Å². The Labute approximate surface area is 239 Å². The number of carbonyl (C=O) groups is 1. The summed E-state index contributed by atoms with van der Waals surface area (Å²) >= 11 is 0. The number of aryl methyl sites for hydroxylation is 1. The van der Waals surface area contributed by atoms with Crippen LogP contribution < -0.4 is 20.5 Å². The van der Waals surface area contributed by atoms with E-state index in [2.05, 4.69) is 22.7 Å². The summed E-state index contributed by atoms with van der Waals surface area (Å²) in [4.78, 5) is 27.3. The highest BCUT2D eigenvalue weighted by Crippen LogP contribution is 2.39. The lowest BCUT2D eigenvalue weighted by Crippen LogP contribution is -2.49. The van der Waals surface area contributed by atoms with E-state index in [9.17, 15) is 9.59 Å². The lowest BCUT2D eigenvalue weighted by Gasteiger charge is -2.37. The number of tetrazole rings is 1. The number of carbonyl (C=O) groups excluding carboxylic acids is 1. The molecule has 9 heteroatoms. The molecule has 1 aromatic heterocycles. The molecule has 2 heterocycles. The highest BCUT2D eigenvalue weighted by atomic mass is 16.5. The zero-order valence-electron chi connectivity index (χ0n) is 23.9. The summed E-state index contributed by atoms with van der Waals surface area (Å²) in [7, 11) is 1.60. The third-order valence-corrected chi connectivity index (χ3v) is 7.42. The van der Waals surface area contributed by atoms with Crippen molar-refractivity contribution in [3.8, 4) is 11.5 Å². The average Bonchev–Trinajstić information content (AvgIpc) is 3.33. The van der Waals surface area contributed by atoms with E-state index in [1.807, 2.05) is 86.6 Å². The topological polar surface area (TPSA) is 100 Å². The number of rotatable bonds is 10. The second kappa shape index (κ2) is 11.8. The number of unbranched alkanes of at least 4 members (excludes halogenated alkanes) is 1. The summed E-state index contributed by atoms with van der Waals surface area (Å²) in [6.45, 7) is 7.01. The van der Waals surface area contributed by atoms with E-state index in [4.69, 9.17) is 9.47 Å². The summed E-state index contributed by atoms with van der Waals surface area (Å²) in [5.74, 6) is 1.12. The minimum atomic E-state index is -0.717. The third-order valence-electron chi connectivity index (χ3n) is 7.42. The predicted molar refractivity (Wildman–Crippen MR) is 158 cm³/mol. The Morgan fingerprint density at radius 2 is 1.61 bits per heavy atom. The maximum absolute atomic E-state index is 13.8. The summed E-state index contributed by atoms with van der Waals surface area (Å²) < 4.78 is 13.4. The van der Waals surface area contributed by atoms with Crippen LogP contribution in [0.1, 0.15) is 55.4 Å². The van der Waals surface area contributed by atoms with Gasteiger partial charge in [0.2, 0.25) is 0 Å². The highest BCUT2D eigenvalue weighted by molar-refractivity contribution is 6.22. The van der Waals surface area contributed by atoms with Gasteiger partial charge in [-0.25, -0.2) is 4.79 Å². The molecule has 0 bridgehead atoms. The van der Waals surface area contributed by atoms with Gasteiger partial charge in [-0.1, -0.05) is 67.4 Å². The Hall–Kier alpha value is -4.66. The van der Waals surface area contributed by atoms with Gasteiger partial charge >= 0.3 is 5.69 Å². The van der Waals surface area contributed by atoms with Crippen LogP contribution in [0.15, 0.2) is 77.6 Å². The average molecular weight is 554 g/mol. The number of hydrogen-bond donors (Lipinski definition) is 1. The van der Waals surface area contributed by atoms with Crippen LogP contribution in [-0.4, -0.2) is 39.4 Å². The van der Waals surface area contributed by atoms with Crippen molar-refractivity contribution in [2.24, 2.45) is 0 Å². The van der Waals surface area contributed by atoms with Gasteiger partial charge in [-0.15, -0.1) is 0 Å². The van der Waals surface area contributed by atoms with Crippen molar-refractivity contribution in [2.45, 2.75) is 52.1 Å². The van der Waals surface area contributed by atoms with Crippen LogP contribution in [0.25, 0.3) is 11.3 Å². The monoisotopic (exact) mass is 553 g/mol. The van der Waals surface area contributed by atoms with Crippen LogP contribution in [0.3, 0.4) is 0 Å². The van der Waals surface area contributed by atoms with Gasteiger partial charge < -0.3 is 14.8 Å². The Morgan fingerprint density at radius 3 is 2.27 bits per heavy atom. The summed E-state index contributed by atoms with van der Waals surface area (Å²) in [5.41, 5.74) is 3.43. The molecule has 1 aliphatic heterocycles. The van der Waals surface area contributed by atoms with Gasteiger partial charge in [-0.05, 0) is 77.2 Å². The molecule has 0 spiro atoms. The van der Waals surface area contributed by atoms with Crippen molar-refractivity contribution in [1.29, 1.82) is 0 Å². The molecule has 1 N–H and O–H groups in total. The number of hydrogen-bond acceptors (Lipinski definition) is 6. The molecular formula is C32H35N5O4. The van der Waals surface area contributed by atoms with E-state index in [1.54, 1.807) is 7.11 Å². The molecule has 0 saturated heterocycles. The van der Waals surface area contributed by atoms with Crippen molar-refractivity contribution in [1.82, 2.24) is 25.1 Å². The molecule has 3 aromatic carbocycles. The molecule has 1 aliphatic rings. The maximum atomic E-state index is 13.8. The van der Waals surface area contributed by atoms with Crippen LogP contribution in [0.2, 0.25) is 0 Å². The van der Waals surface area contributed by atoms with Gasteiger partial charge in [0, 0.05) is 6.42 Å². The number of aromatic nitrogens is 4. The molecule has 41 heavy (non-hydrogen) atoms. The molecule has 0 radical (unpaired) electrons. The largest absolute Gasteiger partial charge is 0.497 e. The van der Waals surface area contributed by atoms with Crippen molar-refractivity contribution in [3.05, 3.63) is 106 Å². The third kappa shape index (κ3) is 5.94. The molecule has 0 fully saturated rings. The molecule has 1 amide bonds. The molecule has 0 unspecified atom stereocenters. The molecule has 9 nitrogen and oxygen atoms in total. The van der Waals surface area contributed by atoms with Gasteiger partial charge in [-0.3, -0.25) is 4.79 Å². The van der Waals surface area contributed by atoms with E-state index < -0.39 is 17.1 Å². The number of benzene rings is 3. The van der Waals surface area contributed by atoms with Gasteiger partial charge in [0.25, 0.3) is 5.91 Å². The molecule has 0 aliphatic carbocycles. The van der Waals surface area contributed by atoms with Gasteiger partial charge in [0.1, 0.15) is 17.2 Å². The number of methoxy groups -OCH3 is 1. The number of nitrogens with one attached hydrogen (secondary N) is 1. The standard InChI is InChI=1S/C32H35N5O4/c1-5-6-19-41-27-17-13-25(14-18-27)32(3)20-28(24-11-7-22(2)8-12-24)29(30(38)33-32)37-31(39)36(34-35-37)21-23-9-15-26(40-4)16-10-23/h7-18H,5-6,19-21H2,1-4H3,(H,33,38)/t32-/m0/s1. The lowest BCUT2D eigenvalue weighted by atomic mass is 9.79. The quantitative estimate of drug-likeness (QED) is 0.284. The fraction of sp³-hybridized carbons (Fsp3) is 0.312. The number of nitrogens with zero attached hydrogens (tertiary/aromatic N) is 4. The Bertz CT molecular complexity index is 1600. The minimum Gasteiger partial charge on any atom is -0.497 e. The predicted octanol–water partition coefficient (Wildman–Crippen LogP) is 4.79. The molecule has 1 atom stereocenters. The van der Waals surface area contributed by atoms with Gasteiger partial charge in [-0.2, -0.15) is 9.36 Å². The SMILES string of the molecule is CCCCOc1ccc([C@]2(C)CC(c3ccc(C)cc3)=C(n3nnn(Cc4ccc(OC)cc4)c3=O)C(=O)N2)cc1. The highest BCUT2D eigenvalue weighted by Gasteiger charge is 2.39. The fourth-order valence-corrected chi connectivity index (χ4v) is 4.99. The van der Waals surface area contributed by atoms with Crippen LogP contribution in [0, 0.1) is 6.92 Å². The lowest BCUT2D eigenvalue weighted by molar-refractivity contribution is -0.118. The van der Waals surface area contributed by atoms with Crippen molar-refractivity contribution < 1.29 is 14.3 Å². The molecule has 212 valence electrons. The smallest absolute Gasteiger partial charge is 0.368 e. The zero-order chi connectivity index (χ0) is 29.0. The minimum absolute atomic E-state index is 0.178. The number of ether oxygens (including phenoxy) is 2. The van der Waals surface area contributed by atoms with Crippen LogP contribution in [0.4, 0.5) is 0 Å². The Balaban J connectivity index is 1.52. The summed E-state index contributed by atoms with van der Waals surface area (Å²) in [5, 5.41) is 11.4. The van der Waals surface area contributed by atoms with Crippen molar-refractivity contribution >= 4 is 17.2 Å². The molecular weight excluding hydrogens is 518 g/mol. The first-order valence-electron chi connectivity index (χ1n) is 13.8. The summed E-state index contributed by atoms with van der Waals surface area (Å²) in [6, 6.07) is 23.1. The van der Waals surface area contributed by atoms with E-state index in [0.29, 0.717) is 13.0 Å². The van der Waals surface area contributed by atoms with E-state index >= 15 is 0 Å². The van der Waals surface area contributed by atoms with Crippen LogP contribution in [-0.2, 0) is 16.9 Å². The first-order valence-corrected chi connectivity index (χ1v) is 13.8. The number of amides is 1. The maximum Gasteiger partial charge on any atom is 0.368 e. The normalized spacial score (nSPS) is 16.9. The fourth-order valence-electron chi connectivity index (χ4n) is 4.99. The van der Waals surface area contributed by atoms with E-state index in [-0.39, 0.29) is 12.2 Å². The van der Waals surface area contributed by atoms with Crippen LogP contribution >= 0.6 is 0 Å². The van der Waals surface area contributed by atoms with E-state index in [1.165, 1.54) is 4.68 Å². The second-order valence-electron chi connectivity index (χ2n) is 10.6. The zero-order valence-corrected chi connectivity index (χ0v) is 23.9. The second-order valence-corrected chi connectivity index (χ2v) is 10.6. The molecule has 4 aromatic rings.